The molecule has 2 unspecified atom stereocenters. The number of rotatable bonds is 2. The fraction of sp³-hybridized carbons (Fsp3) is 0.357. The van der Waals surface area contributed by atoms with Gasteiger partial charge in [0.25, 0.3) is 5.91 Å². The van der Waals surface area contributed by atoms with Crippen LogP contribution in [0.15, 0.2) is 30.4 Å². The summed E-state index contributed by atoms with van der Waals surface area (Å²) in [5.74, 6) is 0.142. The summed E-state index contributed by atoms with van der Waals surface area (Å²) in [7, 11) is -3.16. The molecule has 2 aliphatic rings. The smallest absolute Gasteiger partial charge is 0.746 e. The van der Waals surface area contributed by atoms with Crippen molar-refractivity contribution in [3.63, 3.8) is 0 Å². The molecule has 1 fully saturated rings. The minimum atomic E-state index is -4.64. The zero-order valence-corrected chi connectivity index (χ0v) is 15.7. The molecule has 1 saturated heterocycles. The molecule has 7 nitrogen and oxygen atoms in total. The van der Waals surface area contributed by atoms with Crippen molar-refractivity contribution in [3.05, 3.63) is 35.9 Å². The molecule has 0 aliphatic carbocycles. The van der Waals surface area contributed by atoms with E-state index in [1.165, 1.54) is 18.1 Å². The summed E-state index contributed by atoms with van der Waals surface area (Å²) in [6.45, 7) is 4.05. The van der Waals surface area contributed by atoms with Gasteiger partial charge in [0.15, 0.2) is 0 Å². The number of hydrogen-bond acceptors (Lipinski definition) is 6. The van der Waals surface area contributed by atoms with E-state index >= 15 is 0 Å². The number of nitrogens with one attached hydrogen (secondary N) is 1. The number of hydrogen-bond donors (Lipinski definition) is 1. The maximum Gasteiger partial charge on any atom is 1.00 e. The number of anilines is 1. The molecule has 0 spiro atoms. The number of nitrogens with zero attached hydrogens (tertiary/aromatic N) is 1. The molecule has 1 amide bonds. The van der Waals surface area contributed by atoms with Gasteiger partial charge in [-0.05, 0) is 24.6 Å². The Hall–Kier alpha value is -1.06. The zero-order valence-electron chi connectivity index (χ0n) is 12.9. The van der Waals surface area contributed by atoms with Crippen molar-refractivity contribution in [2.45, 2.75) is 17.8 Å². The van der Waals surface area contributed by atoms with Crippen LogP contribution in [-0.2, 0) is 10.1 Å². The van der Waals surface area contributed by atoms with Crippen molar-refractivity contribution in [2.75, 3.05) is 19.0 Å². The summed E-state index contributed by atoms with van der Waals surface area (Å²) in [5.41, 5.74) is 1.32. The first-order valence-electron chi connectivity index (χ1n) is 6.68. The first-order valence-corrected chi connectivity index (χ1v) is 8.15. The maximum absolute atomic E-state index is 12.7. The fourth-order valence-corrected chi connectivity index (χ4v) is 3.84. The first kappa shape index (κ1) is 18.3. The Morgan fingerprint density at radius 1 is 1.43 bits per heavy atom. The number of amides is 1. The Bertz CT molecular complexity index is 764. The molecule has 1 aromatic carbocycles. The van der Waals surface area contributed by atoms with Crippen molar-refractivity contribution in [2.24, 2.45) is 0 Å². The van der Waals surface area contributed by atoms with Gasteiger partial charge in [0.2, 0.25) is 0 Å². The number of fused-ring (bicyclic) bond motifs is 2. The third-order valence-electron chi connectivity index (χ3n) is 3.97. The molecular formula is C14H15N2NaO5S. The van der Waals surface area contributed by atoms with E-state index in [1.54, 1.807) is 12.1 Å². The number of carbonyl (C=O) groups excluding carboxylic acids is 1. The Morgan fingerprint density at radius 2 is 2.13 bits per heavy atom. The molecule has 2 atom stereocenters. The van der Waals surface area contributed by atoms with E-state index in [2.05, 4.69) is 11.9 Å². The van der Waals surface area contributed by atoms with Crippen LogP contribution in [-0.4, -0.2) is 48.8 Å². The fourth-order valence-electron chi connectivity index (χ4n) is 2.94. The average molecular weight is 346 g/mol. The Labute approximate surface area is 156 Å². The molecule has 0 bridgehead atoms. The molecule has 2 heterocycles. The molecule has 23 heavy (non-hydrogen) atoms. The van der Waals surface area contributed by atoms with Gasteiger partial charge in [-0.3, -0.25) is 4.79 Å². The van der Waals surface area contributed by atoms with Gasteiger partial charge in [-0.2, -0.15) is 0 Å². The van der Waals surface area contributed by atoms with Gasteiger partial charge >= 0.3 is 29.6 Å². The third kappa shape index (κ3) is 3.27. The minimum absolute atomic E-state index is 0. The second-order valence-electron chi connectivity index (χ2n) is 5.42. The van der Waals surface area contributed by atoms with Crippen LogP contribution < -0.4 is 39.6 Å². The number of ether oxygens (including phenoxy) is 1. The summed E-state index contributed by atoms with van der Waals surface area (Å²) >= 11 is 0. The van der Waals surface area contributed by atoms with E-state index < -0.39 is 21.5 Å². The maximum atomic E-state index is 12.7. The Kier molecular flexibility index (Phi) is 5.12. The summed E-state index contributed by atoms with van der Waals surface area (Å²) in [6, 6.07) is 3.92. The first-order chi connectivity index (χ1) is 10.3. The Morgan fingerprint density at radius 3 is 2.74 bits per heavy atom. The quantitative estimate of drug-likeness (QED) is 0.370. The van der Waals surface area contributed by atoms with E-state index in [1.807, 2.05) is 0 Å². The van der Waals surface area contributed by atoms with Crippen LogP contribution in [0.1, 0.15) is 16.8 Å². The summed E-state index contributed by atoms with van der Waals surface area (Å²) in [4.78, 5) is 14.1. The average Bonchev–Trinajstić information content (AvgIpc) is 2.79. The molecule has 2 aliphatic heterocycles. The van der Waals surface area contributed by atoms with Crippen molar-refractivity contribution >= 4 is 21.7 Å². The van der Waals surface area contributed by atoms with E-state index in [0.717, 1.165) is 5.57 Å². The molecular weight excluding hydrogens is 331 g/mol. The van der Waals surface area contributed by atoms with E-state index in [9.17, 15) is 17.8 Å². The van der Waals surface area contributed by atoms with Crippen LogP contribution in [0.5, 0.6) is 5.75 Å². The third-order valence-corrected chi connectivity index (χ3v) is 5.02. The van der Waals surface area contributed by atoms with Gasteiger partial charge in [-0.1, -0.05) is 12.2 Å². The largest absolute Gasteiger partial charge is 1.00 e. The minimum Gasteiger partial charge on any atom is -0.746 e. The predicted octanol–water partition coefficient (Wildman–Crippen LogP) is -2.23. The molecule has 0 aromatic heterocycles. The summed E-state index contributed by atoms with van der Waals surface area (Å²) in [5, 5.41) is 1.32. The van der Waals surface area contributed by atoms with Gasteiger partial charge in [-0.15, -0.1) is 0 Å². The predicted molar refractivity (Wildman–Crippen MR) is 78.7 cm³/mol. The van der Waals surface area contributed by atoms with Crippen molar-refractivity contribution in [1.82, 2.24) is 4.90 Å². The van der Waals surface area contributed by atoms with Gasteiger partial charge in [-0.25, -0.2) is 8.42 Å². The molecule has 3 rings (SSSR count). The van der Waals surface area contributed by atoms with Crippen LogP contribution in [0.4, 0.5) is 5.69 Å². The van der Waals surface area contributed by atoms with E-state index in [4.69, 9.17) is 4.74 Å². The molecule has 9 heteroatoms. The Balaban J connectivity index is 0.00000192. The van der Waals surface area contributed by atoms with Crippen LogP contribution in [0.2, 0.25) is 0 Å². The van der Waals surface area contributed by atoms with E-state index in [0.29, 0.717) is 11.4 Å². The van der Waals surface area contributed by atoms with Crippen LogP contribution in [0, 0.1) is 0 Å². The van der Waals surface area contributed by atoms with Crippen LogP contribution in [0.3, 0.4) is 0 Å². The number of benzene rings is 1. The summed E-state index contributed by atoms with van der Waals surface area (Å²) < 4.78 is 40.0. The van der Waals surface area contributed by atoms with Gasteiger partial charge in [0.1, 0.15) is 21.2 Å². The summed E-state index contributed by atoms with van der Waals surface area (Å²) in [6.07, 6.45) is 0.288. The number of carbonyl (C=O) groups is 1. The van der Waals surface area contributed by atoms with Gasteiger partial charge < -0.3 is 19.5 Å². The zero-order chi connectivity index (χ0) is 16.1. The molecule has 1 aromatic rings. The van der Waals surface area contributed by atoms with Crippen molar-refractivity contribution < 1.29 is 52.1 Å². The molecule has 0 saturated carbocycles. The molecule has 118 valence electrons. The van der Waals surface area contributed by atoms with E-state index in [-0.39, 0.29) is 54.0 Å². The SMILES string of the molecule is C=C1CC2C(S(=O)(=O)[O-])Nc3ccc(OC)cc3C(=O)N2C1.[Na+]. The number of methoxy groups -OCH3 is 1. The molecule has 1 N–H and O–H groups in total. The topological polar surface area (TPSA) is 98.8 Å². The van der Waals surface area contributed by atoms with Crippen LogP contribution in [0.25, 0.3) is 0 Å². The standard InChI is InChI=1S/C14H16N2O5S.Na/c1-8-5-12-13(22(18,19)20)15-11-4-3-9(21-2)6-10(11)14(17)16(12)7-8;/h3-4,6,12-13,15H,1,5,7H2,2H3,(H,18,19,20);/q;+1/p-1. The monoisotopic (exact) mass is 346 g/mol. The molecule has 0 radical (unpaired) electrons. The van der Waals surface area contributed by atoms with Gasteiger partial charge in [0.05, 0.1) is 18.7 Å². The van der Waals surface area contributed by atoms with Crippen molar-refractivity contribution in [3.8, 4) is 5.75 Å². The van der Waals surface area contributed by atoms with Crippen LogP contribution >= 0.6 is 0 Å². The second kappa shape index (κ2) is 6.45. The normalized spacial score (nSPS) is 23.3. The second-order valence-corrected chi connectivity index (χ2v) is 6.92. The van der Waals surface area contributed by atoms with Gasteiger partial charge in [0, 0.05) is 12.2 Å². The van der Waals surface area contributed by atoms with Crippen molar-refractivity contribution in [1.29, 1.82) is 0 Å².